The second-order valence-electron chi connectivity index (χ2n) is 16.6. The summed E-state index contributed by atoms with van der Waals surface area (Å²) >= 11 is 0. The highest BCUT2D eigenvalue weighted by molar-refractivity contribution is 4.80. The van der Waals surface area contributed by atoms with Gasteiger partial charge in [0.15, 0.2) is 0 Å². The first-order chi connectivity index (χ1) is 25.0. The van der Waals surface area contributed by atoms with Gasteiger partial charge in [0, 0.05) is 0 Å². The normalized spacial score (nSPS) is 15.5. The number of aliphatic hydroxyl groups excluding tert-OH is 4. The average Bonchev–Trinajstić information content (AvgIpc) is 3.14. The van der Waals surface area contributed by atoms with E-state index in [0.717, 1.165) is 25.7 Å². The van der Waals surface area contributed by atoms with Gasteiger partial charge in [0.05, 0.1) is 25.4 Å². The maximum Gasteiger partial charge on any atom is 0.103 e. The van der Waals surface area contributed by atoms with Gasteiger partial charge in [-0.05, 0) is 24.7 Å². The minimum absolute atomic E-state index is 0.340. The summed E-state index contributed by atoms with van der Waals surface area (Å²) in [5.41, 5.74) is 0. The predicted molar refractivity (Wildman–Crippen MR) is 222 cm³/mol. The fraction of sp³-hybridized carbons (Fsp3) is 1.00. The van der Waals surface area contributed by atoms with Gasteiger partial charge in [-0.25, -0.2) is 0 Å². The molecular formula is C46H94O5. The first-order valence-corrected chi connectivity index (χ1v) is 23.2. The van der Waals surface area contributed by atoms with Gasteiger partial charge in [0.1, 0.15) is 12.2 Å². The van der Waals surface area contributed by atoms with Crippen molar-refractivity contribution in [3.8, 4) is 0 Å². The van der Waals surface area contributed by atoms with Crippen LogP contribution in [-0.2, 0) is 4.74 Å². The van der Waals surface area contributed by atoms with Crippen molar-refractivity contribution in [1.82, 2.24) is 0 Å². The summed E-state index contributed by atoms with van der Waals surface area (Å²) in [7, 11) is 0. The molecular weight excluding hydrogens is 633 g/mol. The van der Waals surface area contributed by atoms with E-state index in [2.05, 4.69) is 27.7 Å². The van der Waals surface area contributed by atoms with E-state index >= 15 is 0 Å². The second kappa shape index (κ2) is 39.5. The molecule has 308 valence electrons. The summed E-state index contributed by atoms with van der Waals surface area (Å²) < 4.78 is 6.68. The van der Waals surface area contributed by atoms with Crippen molar-refractivity contribution >= 4 is 0 Å². The van der Waals surface area contributed by atoms with Crippen LogP contribution in [-0.4, -0.2) is 58.1 Å². The van der Waals surface area contributed by atoms with Gasteiger partial charge in [-0.1, -0.05) is 233 Å². The van der Waals surface area contributed by atoms with Gasteiger partial charge < -0.3 is 25.2 Å². The Labute approximate surface area is 319 Å². The number of ether oxygens (including phenoxy) is 1. The quantitative estimate of drug-likeness (QED) is 0.0470. The lowest BCUT2D eigenvalue weighted by molar-refractivity contribution is -0.145. The first kappa shape index (κ1) is 50.8. The van der Waals surface area contributed by atoms with Crippen LogP contribution in [0.25, 0.3) is 0 Å². The van der Waals surface area contributed by atoms with Gasteiger partial charge >= 0.3 is 0 Å². The monoisotopic (exact) mass is 727 g/mol. The lowest BCUT2D eigenvalue weighted by Gasteiger charge is -2.34. The van der Waals surface area contributed by atoms with Crippen LogP contribution in [0.2, 0.25) is 0 Å². The summed E-state index contributed by atoms with van der Waals surface area (Å²) in [6, 6.07) is 0. The molecule has 0 radical (unpaired) electrons. The molecule has 0 amide bonds. The van der Waals surface area contributed by atoms with Crippen LogP contribution in [0, 0.1) is 11.8 Å². The summed E-state index contributed by atoms with van der Waals surface area (Å²) in [5.74, 6) is 0.872. The smallest absolute Gasteiger partial charge is 0.103 e. The molecule has 0 rings (SSSR count). The van der Waals surface area contributed by atoms with E-state index < -0.39 is 24.4 Å². The zero-order valence-electron chi connectivity index (χ0n) is 35.1. The molecule has 4 N–H and O–H groups in total. The molecule has 0 aliphatic heterocycles. The van der Waals surface area contributed by atoms with Crippen molar-refractivity contribution in [3.63, 3.8) is 0 Å². The Bertz CT molecular complexity index is 606. The minimum atomic E-state index is -0.978. The molecule has 0 saturated carbocycles. The van der Waals surface area contributed by atoms with Crippen molar-refractivity contribution in [2.24, 2.45) is 11.8 Å². The molecule has 0 aliphatic rings. The lowest BCUT2D eigenvalue weighted by atomic mass is 9.86. The molecule has 0 aromatic heterocycles. The maximum atomic E-state index is 11.1. The van der Waals surface area contributed by atoms with Crippen LogP contribution in [0.1, 0.15) is 246 Å². The van der Waals surface area contributed by atoms with Gasteiger partial charge in [0.2, 0.25) is 0 Å². The standard InChI is InChI=1S/C46H94O5/c1-5-9-13-17-21-23-27-31-35-41(33-29-25-19-15-11-7-3)37-45(43(49)39-47)51-46(44(50)40-48)38-42(34-30-26-20-16-12-8-4)36-32-28-24-22-18-14-10-6-2/h41-50H,5-40H2,1-4H3. The van der Waals surface area contributed by atoms with Crippen LogP contribution in [0.4, 0.5) is 0 Å². The Morgan fingerprint density at radius 3 is 0.765 bits per heavy atom. The third-order valence-electron chi connectivity index (χ3n) is 11.6. The molecule has 5 heteroatoms. The summed E-state index contributed by atoms with van der Waals surface area (Å²) in [5, 5.41) is 42.5. The second-order valence-corrected chi connectivity index (χ2v) is 16.6. The van der Waals surface area contributed by atoms with Gasteiger partial charge in [-0.15, -0.1) is 0 Å². The van der Waals surface area contributed by atoms with Crippen LogP contribution in [0.3, 0.4) is 0 Å². The predicted octanol–water partition coefficient (Wildman–Crippen LogP) is 13.0. The van der Waals surface area contributed by atoms with E-state index in [-0.39, 0.29) is 13.2 Å². The zero-order chi connectivity index (χ0) is 37.6. The lowest BCUT2D eigenvalue weighted by Crippen LogP contribution is -2.43. The van der Waals surface area contributed by atoms with E-state index in [1.165, 1.54) is 180 Å². The fourth-order valence-electron chi connectivity index (χ4n) is 8.04. The van der Waals surface area contributed by atoms with Gasteiger partial charge in [0.25, 0.3) is 0 Å². The average molecular weight is 727 g/mol. The minimum Gasteiger partial charge on any atom is -0.394 e. The molecule has 0 aliphatic carbocycles. The van der Waals surface area contributed by atoms with Gasteiger partial charge in [-0.3, -0.25) is 0 Å². The number of hydrogen-bond acceptors (Lipinski definition) is 5. The molecule has 0 heterocycles. The summed E-state index contributed by atoms with van der Waals surface area (Å²) in [6.45, 7) is 8.39. The molecule has 6 atom stereocenters. The molecule has 0 fully saturated rings. The van der Waals surface area contributed by atoms with E-state index in [1.54, 1.807) is 0 Å². The molecule has 51 heavy (non-hydrogen) atoms. The highest BCUT2D eigenvalue weighted by Gasteiger charge is 2.31. The maximum absolute atomic E-state index is 11.1. The van der Waals surface area contributed by atoms with E-state index in [9.17, 15) is 20.4 Å². The molecule has 6 unspecified atom stereocenters. The van der Waals surface area contributed by atoms with Crippen LogP contribution in [0.5, 0.6) is 0 Å². The Kier molecular flexibility index (Phi) is 39.3. The highest BCUT2D eigenvalue weighted by Crippen LogP contribution is 2.30. The Hall–Kier alpha value is -0.200. The van der Waals surface area contributed by atoms with Crippen LogP contribution in [0.15, 0.2) is 0 Å². The van der Waals surface area contributed by atoms with E-state index in [4.69, 9.17) is 4.74 Å². The third-order valence-corrected chi connectivity index (χ3v) is 11.6. The van der Waals surface area contributed by atoms with E-state index in [1.807, 2.05) is 0 Å². The SMILES string of the molecule is CCCCCCCCCCC(CCCCCCCC)CC(OC(CC(CCCCCCCC)CCCCCCCCCC)C(O)CO)C(O)CO. The Balaban J connectivity index is 5.52. The van der Waals surface area contributed by atoms with Crippen molar-refractivity contribution in [3.05, 3.63) is 0 Å². The summed E-state index contributed by atoms with van der Waals surface area (Å²) in [6.07, 6.45) is 39.1. The van der Waals surface area contributed by atoms with Crippen LogP contribution >= 0.6 is 0 Å². The molecule has 0 spiro atoms. The first-order valence-electron chi connectivity index (χ1n) is 23.2. The zero-order valence-corrected chi connectivity index (χ0v) is 35.1. The number of aliphatic hydroxyl groups is 4. The molecule has 0 saturated heterocycles. The molecule has 0 aromatic carbocycles. The Morgan fingerprint density at radius 2 is 0.549 bits per heavy atom. The number of hydrogen-bond donors (Lipinski definition) is 4. The number of rotatable bonds is 42. The van der Waals surface area contributed by atoms with Crippen molar-refractivity contribution in [2.75, 3.05) is 13.2 Å². The van der Waals surface area contributed by atoms with Crippen molar-refractivity contribution in [1.29, 1.82) is 0 Å². The Morgan fingerprint density at radius 1 is 0.333 bits per heavy atom. The highest BCUT2D eigenvalue weighted by atomic mass is 16.5. The molecule has 5 nitrogen and oxygen atoms in total. The largest absolute Gasteiger partial charge is 0.394 e. The topological polar surface area (TPSA) is 90.2 Å². The van der Waals surface area contributed by atoms with Gasteiger partial charge in [-0.2, -0.15) is 0 Å². The van der Waals surface area contributed by atoms with E-state index in [0.29, 0.717) is 24.7 Å². The molecule has 0 aromatic rings. The fourth-order valence-corrected chi connectivity index (χ4v) is 8.04. The third kappa shape index (κ3) is 31.8. The summed E-state index contributed by atoms with van der Waals surface area (Å²) in [4.78, 5) is 0. The van der Waals surface area contributed by atoms with Crippen LogP contribution < -0.4 is 0 Å². The van der Waals surface area contributed by atoms with Crippen molar-refractivity contribution < 1.29 is 25.2 Å². The molecule has 0 bridgehead atoms. The van der Waals surface area contributed by atoms with Crippen molar-refractivity contribution in [2.45, 2.75) is 270 Å². The number of unbranched alkanes of at least 4 members (excludes halogenated alkanes) is 24.